The molecule has 0 heterocycles. The van der Waals surface area contributed by atoms with Gasteiger partial charge in [-0.3, -0.25) is 0 Å². The molecule has 1 fully saturated rings. The predicted molar refractivity (Wildman–Crippen MR) is 58.6 cm³/mol. The topological polar surface area (TPSA) is 20.2 Å². The van der Waals surface area contributed by atoms with Crippen LogP contribution < -0.4 is 0 Å². The summed E-state index contributed by atoms with van der Waals surface area (Å²) in [4.78, 5) is 0. The van der Waals surface area contributed by atoms with Crippen molar-refractivity contribution < 1.29 is 22.7 Å². The summed E-state index contributed by atoms with van der Waals surface area (Å²) in [5, 5.41) is 9.80. The Morgan fingerprint density at radius 3 is 2.33 bits per heavy atom. The van der Waals surface area contributed by atoms with E-state index >= 15 is 0 Å². The van der Waals surface area contributed by atoms with Gasteiger partial charge in [-0.1, -0.05) is 12.8 Å². The summed E-state index contributed by atoms with van der Waals surface area (Å²) in [5.41, 5.74) is -0.746. The largest absolute Gasteiger partial charge is 0.416 e. The van der Waals surface area contributed by atoms with Crippen LogP contribution in [0.5, 0.6) is 0 Å². The van der Waals surface area contributed by atoms with Gasteiger partial charge in [-0.05, 0) is 36.6 Å². The highest BCUT2D eigenvalue weighted by atomic mass is 19.4. The van der Waals surface area contributed by atoms with Crippen LogP contribution in [-0.4, -0.2) is 11.2 Å². The van der Waals surface area contributed by atoms with E-state index in [-0.39, 0.29) is 5.56 Å². The summed E-state index contributed by atoms with van der Waals surface area (Å²) in [6.45, 7) is 0. The van der Waals surface area contributed by atoms with Crippen molar-refractivity contribution in [1.29, 1.82) is 0 Å². The van der Waals surface area contributed by atoms with Crippen LogP contribution in [0.4, 0.5) is 17.6 Å². The third kappa shape index (κ3) is 2.83. The number of aliphatic hydroxyl groups excluding tert-OH is 1. The number of aliphatic hydroxyl groups is 1. The molecule has 1 N–H and O–H groups in total. The Labute approximate surface area is 102 Å². The highest BCUT2D eigenvalue weighted by Gasteiger charge is 2.33. The SMILES string of the molecule is OC1CCCCC1c1cc(F)cc(C(F)(F)F)c1. The molecule has 18 heavy (non-hydrogen) atoms. The quantitative estimate of drug-likeness (QED) is 0.762. The first-order chi connectivity index (χ1) is 8.38. The second-order valence-corrected chi connectivity index (χ2v) is 4.73. The molecule has 1 saturated carbocycles. The second-order valence-electron chi connectivity index (χ2n) is 4.73. The van der Waals surface area contributed by atoms with Crippen LogP contribution in [0.15, 0.2) is 18.2 Å². The van der Waals surface area contributed by atoms with Crippen LogP contribution in [0.2, 0.25) is 0 Å². The lowest BCUT2D eigenvalue weighted by Gasteiger charge is -2.28. The van der Waals surface area contributed by atoms with Crippen molar-refractivity contribution in [3.63, 3.8) is 0 Å². The number of alkyl halides is 3. The third-order valence-electron chi connectivity index (χ3n) is 3.41. The fraction of sp³-hybridized carbons (Fsp3) is 0.538. The van der Waals surface area contributed by atoms with Gasteiger partial charge in [0.05, 0.1) is 11.7 Å². The standard InChI is InChI=1S/C13H14F4O/c14-10-6-8(5-9(7-10)13(15,16)17)11-3-1-2-4-12(11)18/h5-7,11-12,18H,1-4H2. The van der Waals surface area contributed by atoms with E-state index in [2.05, 4.69) is 0 Å². The van der Waals surface area contributed by atoms with Crippen LogP contribution in [0.3, 0.4) is 0 Å². The van der Waals surface area contributed by atoms with E-state index in [9.17, 15) is 22.7 Å². The fourth-order valence-corrected chi connectivity index (χ4v) is 2.49. The molecule has 2 rings (SSSR count). The van der Waals surface area contributed by atoms with Crippen LogP contribution >= 0.6 is 0 Å². The van der Waals surface area contributed by atoms with E-state index in [1.807, 2.05) is 0 Å². The molecule has 1 nitrogen and oxygen atoms in total. The van der Waals surface area contributed by atoms with Crippen molar-refractivity contribution in [1.82, 2.24) is 0 Å². The zero-order valence-corrected chi connectivity index (χ0v) is 9.67. The van der Waals surface area contributed by atoms with Gasteiger partial charge in [0.1, 0.15) is 5.82 Å². The highest BCUT2D eigenvalue weighted by Crippen LogP contribution is 2.37. The molecule has 0 aliphatic heterocycles. The first-order valence-electron chi connectivity index (χ1n) is 5.93. The minimum absolute atomic E-state index is 0.245. The van der Waals surface area contributed by atoms with Crippen LogP contribution in [0.25, 0.3) is 0 Å². The molecule has 0 saturated heterocycles. The lowest BCUT2D eigenvalue weighted by molar-refractivity contribution is -0.137. The Morgan fingerprint density at radius 2 is 1.72 bits per heavy atom. The van der Waals surface area contributed by atoms with Gasteiger partial charge < -0.3 is 5.11 Å². The summed E-state index contributed by atoms with van der Waals surface area (Å²) in [5.74, 6) is -1.30. The summed E-state index contributed by atoms with van der Waals surface area (Å²) in [6.07, 6.45) is -2.37. The van der Waals surface area contributed by atoms with E-state index < -0.39 is 29.6 Å². The minimum Gasteiger partial charge on any atom is -0.392 e. The van der Waals surface area contributed by atoms with Crippen molar-refractivity contribution in [2.45, 2.75) is 43.9 Å². The number of rotatable bonds is 1. The average molecular weight is 262 g/mol. The van der Waals surface area contributed by atoms with Crippen molar-refractivity contribution in [2.75, 3.05) is 0 Å². The van der Waals surface area contributed by atoms with E-state index in [1.165, 1.54) is 0 Å². The van der Waals surface area contributed by atoms with Crippen molar-refractivity contribution in [2.24, 2.45) is 0 Å². The van der Waals surface area contributed by atoms with Crippen molar-refractivity contribution >= 4 is 0 Å². The molecule has 1 aromatic carbocycles. The molecule has 2 unspecified atom stereocenters. The Bertz CT molecular complexity index is 427. The Morgan fingerprint density at radius 1 is 1.06 bits per heavy atom. The monoisotopic (exact) mass is 262 g/mol. The molecule has 0 aromatic heterocycles. The van der Waals surface area contributed by atoms with E-state index in [4.69, 9.17) is 0 Å². The zero-order chi connectivity index (χ0) is 13.3. The second kappa shape index (κ2) is 4.88. The molecule has 1 aliphatic rings. The maximum absolute atomic E-state index is 13.3. The Kier molecular flexibility index (Phi) is 3.61. The molecule has 0 amide bonds. The molecular weight excluding hydrogens is 248 g/mol. The predicted octanol–water partition coefficient (Wildman–Crippen LogP) is 3.86. The molecule has 2 atom stereocenters. The summed E-state index contributed by atoms with van der Waals surface area (Å²) < 4.78 is 51.0. The van der Waals surface area contributed by atoms with Gasteiger partial charge in [0.15, 0.2) is 0 Å². The van der Waals surface area contributed by atoms with E-state index in [1.54, 1.807) is 0 Å². The average Bonchev–Trinajstić information content (AvgIpc) is 2.27. The molecular formula is C13H14F4O. The Hall–Kier alpha value is -1.10. The van der Waals surface area contributed by atoms with Gasteiger partial charge in [-0.15, -0.1) is 0 Å². The van der Waals surface area contributed by atoms with E-state index in [0.717, 1.165) is 25.0 Å². The third-order valence-corrected chi connectivity index (χ3v) is 3.41. The molecule has 0 radical (unpaired) electrons. The van der Waals surface area contributed by atoms with Crippen molar-refractivity contribution in [3.8, 4) is 0 Å². The number of hydrogen-bond acceptors (Lipinski definition) is 1. The molecule has 1 aliphatic carbocycles. The van der Waals surface area contributed by atoms with Crippen LogP contribution in [0.1, 0.15) is 42.7 Å². The molecule has 1 aromatic rings. The maximum Gasteiger partial charge on any atom is 0.416 e. The number of benzene rings is 1. The number of hydrogen-bond donors (Lipinski definition) is 1. The fourth-order valence-electron chi connectivity index (χ4n) is 2.49. The van der Waals surface area contributed by atoms with Gasteiger partial charge in [-0.25, -0.2) is 4.39 Å². The molecule has 0 bridgehead atoms. The molecule has 100 valence electrons. The van der Waals surface area contributed by atoms with Crippen LogP contribution in [0, 0.1) is 5.82 Å². The maximum atomic E-state index is 13.3. The van der Waals surface area contributed by atoms with Gasteiger partial charge in [0, 0.05) is 5.92 Å². The lowest BCUT2D eigenvalue weighted by Crippen LogP contribution is -2.23. The van der Waals surface area contributed by atoms with Gasteiger partial charge in [0.2, 0.25) is 0 Å². The van der Waals surface area contributed by atoms with Gasteiger partial charge in [0.25, 0.3) is 0 Å². The highest BCUT2D eigenvalue weighted by molar-refractivity contribution is 5.30. The smallest absolute Gasteiger partial charge is 0.392 e. The summed E-state index contributed by atoms with van der Waals surface area (Å²) >= 11 is 0. The zero-order valence-electron chi connectivity index (χ0n) is 9.67. The summed E-state index contributed by atoms with van der Waals surface area (Å²) in [6, 6.07) is 2.52. The Balaban J connectivity index is 2.35. The van der Waals surface area contributed by atoms with Crippen molar-refractivity contribution in [3.05, 3.63) is 35.1 Å². The van der Waals surface area contributed by atoms with Gasteiger partial charge >= 0.3 is 6.18 Å². The molecule has 5 heteroatoms. The summed E-state index contributed by atoms with van der Waals surface area (Å²) in [7, 11) is 0. The van der Waals surface area contributed by atoms with Crippen LogP contribution in [-0.2, 0) is 6.18 Å². The minimum atomic E-state index is -4.56. The van der Waals surface area contributed by atoms with Gasteiger partial charge in [-0.2, -0.15) is 13.2 Å². The first-order valence-corrected chi connectivity index (χ1v) is 5.93. The number of halogens is 4. The van der Waals surface area contributed by atoms with E-state index in [0.29, 0.717) is 18.9 Å². The molecule has 0 spiro atoms. The first kappa shape index (κ1) is 13.3. The normalized spacial score (nSPS) is 25.2. The lowest BCUT2D eigenvalue weighted by atomic mass is 9.81.